The SMILES string of the molecule is O=C1Nc2ccccc2CCC1N1CCc2ccc(F)cc2C1. The van der Waals surface area contributed by atoms with Crippen LogP contribution < -0.4 is 5.32 Å². The molecule has 1 atom stereocenters. The van der Waals surface area contributed by atoms with Gasteiger partial charge in [-0.25, -0.2) is 4.39 Å². The summed E-state index contributed by atoms with van der Waals surface area (Å²) in [6.07, 6.45) is 2.55. The highest BCUT2D eigenvalue weighted by atomic mass is 19.1. The summed E-state index contributed by atoms with van der Waals surface area (Å²) in [5.41, 5.74) is 4.31. The molecule has 2 aromatic rings. The summed E-state index contributed by atoms with van der Waals surface area (Å²) in [4.78, 5) is 14.8. The van der Waals surface area contributed by atoms with Crippen LogP contribution in [0.25, 0.3) is 0 Å². The van der Waals surface area contributed by atoms with Gasteiger partial charge in [-0.15, -0.1) is 0 Å². The van der Waals surface area contributed by atoms with Crippen LogP contribution in [0.2, 0.25) is 0 Å². The number of nitrogens with one attached hydrogen (secondary N) is 1. The highest BCUT2D eigenvalue weighted by Crippen LogP contribution is 2.27. The van der Waals surface area contributed by atoms with E-state index in [4.69, 9.17) is 0 Å². The van der Waals surface area contributed by atoms with E-state index < -0.39 is 0 Å². The molecule has 1 N–H and O–H groups in total. The molecule has 2 aliphatic heterocycles. The van der Waals surface area contributed by atoms with Crippen molar-refractivity contribution >= 4 is 11.6 Å². The van der Waals surface area contributed by atoms with E-state index in [9.17, 15) is 9.18 Å². The molecule has 0 fully saturated rings. The molecular weight excluding hydrogens is 291 g/mol. The Hall–Kier alpha value is -2.20. The number of fused-ring (bicyclic) bond motifs is 2. The smallest absolute Gasteiger partial charge is 0.241 e. The molecule has 4 heteroatoms. The summed E-state index contributed by atoms with van der Waals surface area (Å²) in [5, 5.41) is 3.05. The predicted octanol–water partition coefficient (Wildman–Crippen LogP) is 3.14. The Balaban J connectivity index is 1.56. The number of para-hydroxylation sites is 1. The van der Waals surface area contributed by atoms with Crippen LogP contribution in [0.3, 0.4) is 0 Å². The maximum absolute atomic E-state index is 13.5. The zero-order valence-electron chi connectivity index (χ0n) is 12.9. The van der Waals surface area contributed by atoms with E-state index in [1.54, 1.807) is 6.07 Å². The number of aryl methyl sites for hydroxylation is 1. The predicted molar refractivity (Wildman–Crippen MR) is 87.7 cm³/mol. The van der Waals surface area contributed by atoms with Gasteiger partial charge in [0.05, 0.1) is 6.04 Å². The number of carbonyl (C=O) groups is 1. The third-order valence-electron chi connectivity index (χ3n) is 4.92. The fourth-order valence-electron chi connectivity index (χ4n) is 3.66. The average molecular weight is 310 g/mol. The van der Waals surface area contributed by atoms with E-state index in [-0.39, 0.29) is 17.8 Å². The van der Waals surface area contributed by atoms with Crippen LogP contribution in [0.15, 0.2) is 42.5 Å². The molecule has 23 heavy (non-hydrogen) atoms. The van der Waals surface area contributed by atoms with E-state index >= 15 is 0 Å². The first-order chi connectivity index (χ1) is 11.2. The number of anilines is 1. The van der Waals surface area contributed by atoms with Gasteiger partial charge in [0.1, 0.15) is 5.82 Å². The van der Waals surface area contributed by atoms with Gasteiger partial charge in [-0.1, -0.05) is 24.3 Å². The van der Waals surface area contributed by atoms with Crippen LogP contribution in [0, 0.1) is 5.82 Å². The maximum Gasteiger partial charge on any atom is 0.241 e. The Morgan fingerprint density at radius 3 is 2.83 bits per heavy atom. The minimum Gasteiger partial charge on any atom is -0.324 e. The number of amides is 1. The van der Waals surface area contributed by atoms with Crippen LogP contribution in [-0.4, -0.2) is 23.4 Å². The fourth-order valence-corrected chi connectivity index (χ4v) is 3.66. The number of hydrogen-bond donors (Lipinski definition) is 1. The summed E-state index contributed by atoms with van der Waals surface area (Å²) in [6.45, 7) is 1.48. The summed E-state index contributed by atoms with van der Waals surface area (Å²) < 4.78 is 13.5. The molecule has 2 aliphatic rings. The van der Waals surface area contributed by atoms with Gasteiger partial charge in [0.15, 0.2) is 0 Å². The van der Waals surface area contributed by atoms with Crippen molar-refractivity contribution in [2.45, 2.75) is 31.8 Å². The Labute approximate surface area is 135 Å². The van der Waals surface area contributed by atoms with Gasteiger partial charge in [-0.05, 0) is 54.2 Å². The number of halogens is 1. The van der Waals surface area contributed by atoms with Crippen molar-refractivity contribution in [2.75, 3.05) is 11.9 Å². The largest absolute Gasteiger partial charge is 0.324 e. The van der Waals surface area contributed by atoms with Gasteiger partial charge < -0.3 is 5.32 Å². The molecule has 118 valence electrons. The first kappa shape index (κ1) is 14.4. The van der Waals surface area contributed by atoms with E-state index in [0.29, 0.717) is 6.54 Å². The van der Waals surface area contributed by atoms with Crippen molar-refractivity contribution in [2.24, 2.45) is 0 Å². The van der Waals surface area contributed by atoms with E-state index in [1.165, 1.54) is 17.2 Å². The topological polar surface area (TPSA) is 32.3 Å². The van der Waals surface area contributed by atoms with Crippen LogP contribution in [-0.2, 0) is 24.2 Å². The minimum atomic E-state index is -0.205. The van der Waals surface area contributed by atoms with Gasteiger partial charge in [-0.3, -0.25) is 9.69 Å². The highest BCUT2D eigenvalue weighted by Gasteiger charge is 2.31. The molecule has 0 aliphatic carbocycles. The number of rotatable bonds is 1. The lowest BCUT2D eigenvalue weighted by Crippen LogP contribution is -2.45. The number of benzene rings is 2. The highest BCUT2D eigenvalue weighted by molar-refractivity contribution is 5.96. The van der Waals surface area contributed by atoms with Gasteiger partial charge in [-0.2, -0.15) is 0 Å². The molecule has 3 nitrogen and oxygen atoms in total. The van der Waals surface area contributed by atoms with Crippen LogP contribution in [0.4, 0.5) is 10.1 Å². The first-order valence-corrected chi connectivity index (χ1v) is 8.11. The van der Waals surface area contributed by atoms with Crippen LogP contribution in [0.5, 0.6) is 0 Å². The number of carbonyl (C=O) groups excluding carboxylic acids is 1. The molecule has 1 amide bonds. The summed E-state index contributed by atoms with van der Waals surface area (Å²) in [7, 11) is 0. The van der Waals surface area contributed by atoms with Gasteiger partial charge in [0.2, 0.25) is 5.91 Å². The number of nitrogens with zero attached hydrogens (tertiary/aromatic N) is 1. The van der Waals surface area contributed by atoms with Crippen molar-refractivity contribution in [1.82, 2.24) is 4.90 Å². The van der Waals surface area contributed by atoms with Crippen LogP contribution >= 0.6 is 0 Å². The van der Waals surface area contributed by atoms with E-state index in [1.807, 2.05) is 24.3 Å². The lowest BCUT2D eigenvalue weighted by molar-refractivity contribution is -0.121. The third kappa shape index (κ3) is 2.75. The van der Waals surface area contributed by atoms with Crippen molar-refractivity contribution in [1.29, 1.82) is 0 Å². The zero-order chi connectivity index (χ0) is 15.8. The molecular formula is C19H19FN2O. The van der Waals surface area contributed by atoms with Crippen molar-refractivity contribution in [3.63, 3.8) is 0 Å². The van der Waals surface area contributed by atoms with Crippen molar-refractivity contribution < 1.29 is 9.18 Å². The zero-order valence-corrected chi connectivity index (χ0v) is 12.9. The maximum atomic E-state index is 13.5. The second-order valence-corrected chi connectivity index (χ2v) is 6.33. The molecule has 2 heterocycles. The average Bonchev–Trinajstić information content (AvgIpc) is 2.72. The normalized spacial score (nSPS) is 21.1. The standard InChI is InChI=1S/C19H19FN2O/c20-16-7-5-13-9-10-22(12-15(13)11-16)18-8-6-14-3-1-2-4-17(14)21-19(18)23/h1-5,7,11,18H,6,8-10,12H2,(H,21,23). The van der Waals surface area contributed by atoms with Crippen molar-refractivity contribution in [3.05, 3.63) is 65.0 Å². The summed E-state index contributed by atoms with van der Waals surface area (Å²) in [5.74, 6) is -0.155. The van der Waals surface area contributed by atoms with Gasteiger partial charge in [0, 0.05) is 18.8 Å². The number of hydrogen-bond acceptors (Lipinski definition) is 2. The Bertz CT molecular complexity index is 759. The summed E-state index contributed by atoms with van der Waals surface area (Å²) >= 11 is 0. The second kappa shape index (κ2) is 5.78. The molecule has 0 bridgehead atoms. The molecule has 0 radical (unpaired) electrons. The molecule has 0 saturated carbocycles. The van der Waals surface area contributed by atoms with Gasteiger partial charge in [0.25, 0.3) is 0 Å². The molecule has 4 rings (SSSR count). The minimum absolute atomic E-state index is 0.0507. The molecule has 0 saturated heterocycles. The Morgan fingerprint density at radius 2 is 1.91 bits per heavy atom. The third-order valence-corrected chi connectivity index (χ3v) is 4.92. The van der Waals surface area contributed by atoms with E-state index in [2.05, 4.69) is 16.3 Å². The second-order valence-electron chi connectivity index (χ2n) is 6.33. The van der Waals surface area contributed by atoms with Gasteiger partial charge >= 0.3 is 0 Å². The quantitative estimate of drug-likeness (QED) is 0.877. The molecule has 2 aromatic carbocycles. The van der Waals surface area contributed by atoms with Crippen molar-refractivity contribution in [3.8, 4) is 0 Å². The monoisotopic (exact) mass is 310 g/mol. The fraction of sp³-hybridized carbons (Fsp3) is 0.316. The molecule has 0 aromatic heterocycles. The van der Waals surface area contributed by atoms with Crippen LogP contribution in [0.1, 0.15) is 23.1 Å². The molecule has 1 unspecified atom stereocenters. The Kier molecular flexibility index (Phi) is 3.62. The first-order valence-electron chi connectivity index (χ1n) is 8.11. The molecule has 0 spiro atoms. The Morgan fingerprint density at radius 1 is 1.04 bits per heavy atom. The lowest BCUT2D eigenvalue weighted by atomic mass is 9.96. The van der Waals surface area contributed by atoms with E-state index in [0.717, 1.165) is 37.1 Å². The summed E-state index contributed by atoms with van der Waals surface area (Å²) in [6, 6.07) is 12.8. The lowest BCUT2D eigenvalue weighted by Gasteiger charge is -2.34.